The number of carbonyl (C=O) groups is 1. The van der Waals surface area contributed by atoms with Crippen LogP contribution in [0.15, 0.2) is 0 Å². The Morgan fingerprint density at radius 3 is 1.87 bits per heavy atom. The number of esters is 1. The predicted octanol–water partition coefficient (Wildman–Crippen LogP) is 6.28. The lowest BCUT2D eigenvalue weighted by atomic mass is 9.94. The molecule has 2 heteroatoms. The first-order valence-electron chi connectivity index (χ1n) is 9.86. The fraction of sp³-hybridized carbons (Fsp3) is 0.857. The number of hydrogen-bond donors (Lipinski definition) is 0. The smallest absolute Gasteiger partial charge is 0.308 e. The van der Waals surface area contributed by atoms with Gasteiger partial charge in [0.2, 0.25) is 0 Å². The molecule has 2 nitrogen and oxygen atoms in total. The van der Waals surface area contributed by atoms with Gasteiger partial charge in [-0.2, -0.15) is 0 Å². The van der Waals surface area contributed by atoms with Crippen molar-refractivity contribution < 1.29 is 9.53 Å². The summed E-state index contributed by atoms with van der Waals surface area (Å²) < 4.78 is 5.43. The molecule has 0 radical (unpaired) electrons. The minimum atomic E-state index is 0.00741. The first-order valence-corrected chi connectivity index (χ1v) is 9.86. The molecule has 0 aromatic rings. The van der Waals surface area contributed by atoms with Crippen molar-refractivity contribution >= 4 is 5.97 Å². The summed E-state index contributed by atoms with van der Waals surface area (Å²) in [7, 11) is 0. The molecule has 0 aromatic carbocycles. The van der Waals surface area contributed by atoms with Crippen LogP contribution in [0.1, 0.15) is 104 Å². The summed E-state index contributed by atoms with van der Waals surface area (Å²) in [5.74, 6) is 2.70. The molecule has 0 fully saturated rings. The van der Waals surface area contributed by atoms with Gasteiger partial charge in [-0.3, -0.25) is 4.79 Å². The lowest BCUT2D eigenvalue weighted by Crippen LogP contribution is -2.18. The zero-order valence-corrected chi connectivity index (χ0v) is 15.6. The predicted molar refractivity (Wildman–Crippen MR) is 99.3 cm³/mol. The van der Waals surface area contributed by atoms with Crippen LogP contribution < -0.4 is 0 Å². The van der Waals surface area contributed by atoms with Crippen molar-refractivity contribution in [1.82, 2.24) is 0 Å². The van der Waals surface area contributed by atoms with Crippen molar-refractivity contribution in [2.45, 2.75) is 104 Å². The second-order valence-electron chi connectivity index (χ2n) is 6.58. The van der Waals surface area contributed by atoms with E-state index in [-0.39, 0.29) is 11.9 Å². The highest BCUT2D eigenvalue weighted by atomic mass is 16.5. The molecule has 23 heavy (non-hydrogen) atoms. The molecule has 0 N–H and O–H groups in total. The SMILES string of the molecule is C#CCCCOC(=O)C(CCCCCCC)CCCCCCC. The Bertz CT molecular complexity index is 289. The molecule has 0 aliphatic carbocycles. The fourth-order valence-corrected chi connectivity index (χ4v) is 2.83. The summed E-state index contributed by atoms with van der Waals surface area (Å²) >= 11 is 0. The minimum Gasteiger partial charge on any atom is -0.465 e. The van der Waals surface area contributed by atoms with Crippen molar-refractivity contribution in [3.8, 4) is 12.3 Å². The van der Waals surface area contributed by atoms with E-state index in [0.717, 1.165) is 32.1 Å². The van der Waals surface area contributed by atoms with E-state index < -0.39 is 0 Å². The molecule has 0 bridgehead atoms. The number of ether oxygens (including phenoxy) is 1. The van der Waals surface area contributed by atoms with Crippen LogP contribution in [0, 0.1) is 18.3 Å². The summed E-state index contributed by atoms with van der Waals surface area (Å²) in [6.45, 7) is 4.94. The van der Waals surface area contributed by atoms with Crippen LogP contribution in [-0.4, -0.2) is 12.6 Å². The molecule has 0 aliphatic heterocycles. The zero-order valence-electron chi connectivity index (χ0n) is 15.6. The highest BCUT2D eigenvalue weighted by Gasteiger charge is 2.19. The van der Waals surface area contributed by atoms with E-state index in [4.69, 9.17) is 11.2 Å². The quantitative estimate of drug-likeness (QED) is 0.190. The first-order chi connectivity index (χ1) is 11.3. The van der Waals surface area contributed by atoms with Gasteiger partial charge in [0, 0.05) is 6.42 Å². The van der Waals surface area contributed by atoms with Gasteiger partial charge in [0.1, 0.15) is 0 Å². The Balaban J connectivity index is 4.03. The normalized spacial score (nSPS) is 10.7. The summed E-state index contributed by atoms with van der Waals surface area (Å²) in [5.41, 5.74) is 0. The van der Waals surface area contributed by atoms with Gasteiger partial charge in [-0.05, 0) is 19.3 Å². The van der Waals surface area contributed by atoms with Gasteiger partial charge in [0.05, 0.1) is 12.5 Å². The van der Waals surface area contributed by atoms with E-state index in [2.05, 4.69) is 19.8 Å². The molecule has 0 spiro atoms. The number of hydrogen-bond acceptors (Lipinski definition) is 2. The van der Waals surface area contributed by atoms with Gasteiger partial charge >= 0.3 is 5.97 Å². The van der Waals surface area contributed by atoms with Crippen molar-refractivity contribution in [3.05, 3.63) is 0 Å². The number of terminal acetylenes is 1. The average Bonchev–Trinajstić information content (AvgIpc) is 2.56. The lowest BCUT2D eigenvalue weighted by Gasteiger charge is -2.16. The summed E-state index contributed by atoms with van der Waals surface area (Å²) in [6.07, 6.45) is 21.2. The van der Waals surface area contributed by atoms with Gasteiger partial charge < -0.3 is 4.74 Å². The Hall–Kier alpha value is -0.970. The highest BCUT2D eigenvalue weighted by molar-refractivity contribution is 5.72. The Morgan fingerprint density at radius 2 is 1.39 bits per heavy atom. The lowest BCUT2D eigenvalue weighted by molar-refractivity contribution is -0.149. The molecule has 134 valence electrons. The molecule has 0 amide bonds. The van der Waals surface area contributed by atoms with E-state index in [1.807, 2.05) is 0 Å². The van der Waals surface area contributed by atoms with Crippen LogP contribution in [0.5, 0.6) is 0 Å². The van der Waals surface area contributed by atoms with E-state index in [0.29, 0.717) is 13.0 Å². The third kappa shape index (κ3) is 14.4. The number of rotatable bonds is 16. The van der Waals surface area contributed by atoms with Gasteiger partial charge in [-0.25, -0.2) is 0 Å². The molecule has 0 rings (SSSR count). The second-order valence-corrected chi connectivity index (χ2v) is 6.58. The standard InChI is InChI=1S/C21H38O2/c1-4-7-10-12-14-17-20(18-15-13-11-8-5-2)21(22)23-19-16-9-6-3/h3,20H,4-5,7-19H2,1-2H3. The Morgan fingerprint density at radius 1 is 0.870 bits per heavy atom. The van der Waals surface area contributed by atoms with Crippen LogP contribution >= 0.6 is 0 Å². The highest BCUT2D eigenvalue weighted by Crippen LogP contribution is 2.20. The monoisotopic (exact) mass is 322 g/mol. The van der Waals surface area contributed by atoms with Crippen LogP contribution in [-0.2, 0) is 9.53 Å². The first kappa shape index (κ1) is 22.0. The summed E-state index contributed by atoms with van der Waals surface area (Å²) in [6, 6.07) is 0. The number of carbonyl (C=O) groups excluding carboxylic acids is 1. The topological polar surface area (TPSA) is 26.3 Å². The molecule has 0 saturated carbocycles. The molecule has 0 unspecified atom stereocenters. The van der Waals surface area contributed by atoms with Crippen LogP contribution in [0.4, 0.5) is 0 Å². The Kier molecular flexibility index (Phi) is 16.7. The molecule has 0 heterocycles. The van der Waals surface area contributed by atoms with Gasteiger partial charge in [0.15, 0.2) is 0 Å². The molecule has 0 aliphatic rings. The van der Waals surface area contributed by atoms with Crippen molar-refractivity contribution in [2.24, 2.45) is 5.92 Å². The largest absolute Gasteiger partial charge is 0.465 e. The maximum Gasteiger partial charge on any atom is 0.308 e. The van der Waals surface area contributed by atoms with E-state index >= 15 is 0 Å². The summed E-state index contributed by atoms with van der Waals surface area (Å²) in [5, 5.41) is 0. The maximum absolute atomic E-state index is 12.3. The second kappa shape index (κ2) is 17.4. The Labute approximate surface area is 144 Å². The summed E-state index contributed by atoms with van der Waals surface area (Å²) in [4.78, 5) is 12.3. The minimum absolute atomic E-state index is 0.00741. The third-order valence-electron chi connectivity index (χ3n) is 4.36. The van der Waals surface area contributed by atoms with Gasteiger partial charge in [-0.15, -0.1) is 12.3 Å². The van der Waals surface area contributed by atoms with Crippen molar-refractivity contribution in [1.29, 1.82) is 0 Å². The zero-order chi connectivity index (χ0) is 17.2. The van der Waals surface area contributed by atoms with Crippen molar-refractivity contribution in [2.75, 3.05) is 6.61 Å². The van der Waals surface area contributed by atoms with Gasteiger partial charge in [0.25, 0.3) is 0 Å². The maximum atomic E-state index is 12.3. The molecule has 0 aromatic heterocycles. The van der Waals surface area contributed by atoms with Gasteiger partial charge in [-0.1, -0.05) is 78.1 Å². The van der Waals surface area contributed by atoms with Crippen LogP contribution in [0.25, 0.3) is 0 Å². The van der Waals surface area contributed by atoms with Crippen molar-refractivity contribution in [3.63, 3.8) is 0 Å². The van der Waals surface area contributed by atoms with E-state index in [1.165, 1.54) is 51.4 Å². The molecule has 0 atom stereocenters. The van der Waals surface area contributed by atoms with Crippen LogP contribution in [0.3, 0.4) is 0 Å². The van der Waals surface area contributed by atoms with Crippen LogP contribution in [0.2, 0.25) is 0 Å². The molecule has 0 saturated heterocycles. The average molecular weight is 323 g/mol. The van der Waals surface area contributed by atoms with E-state index in [9.17, 15) is 4.79 Å². The number of unbranched alkanes of at least 4 members (excludes halogenated alkanes) is 9. The fourth-order valence-electron chi connectivity index (χ4n) is 2.83. The molecular formula is C21H38O2. The third-order valence-corrected chi connectivity index (χ3v) is 4.36. The van der Waals surface area contributed by atoms with E-state index in [1.54, 1.807) is 0 Å². The molecular weight excluding hydrogens is 284 g/mol.